The zero-order valence-electron chi connectivity index (χ0n) is 13.5. The third-order valence-corrected chi connectivity index (χ3v) is 3.70. The second-order valence-corrected chi connectivity index (χ2v) is 5.10. The van der Waals surface area contributed by atoms with Crippen LogP contribution in [0, 0.1) is 0 Å². The number of aromatic nitrogens is 2. The minimum atomic E-state index is -0.242. The van der Waals surface area contributed by atoms with Gasteiger partial charge in [0.15, 0.2) is 5.78 Å². The molecule has 0 aliphatic heterocycles. The van der Waals surface area contributed by atoms with Crippen molar-refractivity contribution in [3.05, 3.63) is 46.2 Å². The van der Waals surface area contributed by atoms with Gasteiger partial charge >= 0.3 is 0 Å². The molecular formula is C17H21N3O2. The first-order valence-corrected chi connectivity index (χ1v) is 7.43. The van der Waals surface area contributed by atoms with E-state index >= 15 is 0 Å². The molecule has 0 aliphatic carbocycles. The van der Waals surface area contributed by atoms with E-state index in [-0.39, 0.29) is 11.3 Å². The van der Waals surface area contributed by atoms with Gasteiger partial charge in [-0.15, -0.1) is 0 Å². The highest BCUT2D eigenvalue weighted by Crippen LogP contribution is 2.27. The van der Waals surface area contributed by atoms with E-state index < -0.39 is 0 Å². The first-order valence-electron chi connectivity index (χ1n) is 7.43. The predicted octanol–water partition coefficient (Wildman–Crippen LogP) is 2.50. The number of benzene rings is 1. The van der Waals surface area contributed by atoms with Gasteiger partial charge in [0.2, 0.25) is 0 Å². The van der Waals surface area contributed by atoms with Crippen LogP contribution in [-0.2, 0) is 7.05 Å². The number of rotatable bonds is 5. The third kappa shape index (κ3) is 2.79. The molecule has 1 heterocycles. The standard InChI is InChI=1S/C17H21N3O2/c1-5-20(6-2)16-14(12(3)21)15(18-19(4)17(16)22)13-10-8-7-9-11-13/h7-11H,5-6H2,1-4H3. The van der Waals surface area contributed by atoms with Gasteiger partial charge in [-0.3, -0.25) is 9.59 Å². The zero-order chi connectivity index (χ0) is 16.3. The van der Waals surface area contributed by atoms with Crippen molar-refractivity contribution in [1.29, 1.82) is 0 Å². The fraction of sp³-hybridized carbons (Fsp3) is 0.353. The maximum atomic E-state index is 12.5. The van der Waals surface area contributed by atoms with Crippen molar-refractivity contribution in [2.75, 3.05) is 18.0 Å². The summed E-state index contributed by atoms with van der Waals surface area (Å²) in [4.78, 5) is 26.7. The molecule has 5 nitrogen and oxygen atoms in total. The first kappa shape index (κ1) is 15.9. The summed E-state index contributed by atoms with van der Waals surface area (Å²) in [5.41, 5.74) is 1.98. The van der Waals surface area contributed by atoms with E-state index in [1.807, 2.05) is 49.1 Å². The Bertz CT molecular complexity index is 732. The van der Waals surface area contributed by atoms with Crippen molar-refractivity contribution < 1.29 is 4.79 Å². The van der Waals surface area contributed by atoms with E-state index in [0.717, 1.165) is 5.56 Å². The molecule has 0 radical (unpaired) electrons. The monoisotopic (exact) mass is 299 g/mol. The third-order valence-electron chi connectivity index (χ3n) is 3.70. The van der Waals surface area contributed by atoms with Gasteiger partial charge in [0.25, 0.3) is 5.56 Å². The van der Waals surface area contributed by atoms with Crippen LogP contribution in [0.25, 0.3) is 11.3 Å². The summed E-state index contributed by atoms with van der Waals surface area (Å²) < 4.78 is 1.31. The Kier molecular flexibility index (Phi) is 4.75. The second-order valence-electron chi connectivity index (χ2n) is 5.10. The number of carbonyl (C=O) groups is 1. The van der Waals surface area contributed by atoms with Gasteiger partial charge in [0.1, 0.15) is 11.4 Å². The van der Waals surface area contributed by atoms with Crippen molar-refractivity contribution in [2.45, 2.75) is 20.8 Å². The Labute approximate surface area is 130 Å². The van der Waals surface area contributed by atoms with Gasteiger partial charge in [0.05, 0.1) is 5.56 Å². The van der Waals surface area contributed by atoms with E-state index in [4.69, 9.17) is 0 Å². The molecule has 0 N–H and O–H groups in total. The van der Waals surface area contributed by atoms with Crippen LogP contribution in [0.4, 0.5) is 5.69 Å². The molecule has 1 aromatic heterocycles. The Morgan fingerprint density at radius 3 is 2.27 bits per heavy atom. The topological polar surface area (TPSA) is 55.2 Å². The SMILES string of the molecule is CCN(CC)c1c(C(C)=O)c(-c2ccccc2)nn(C)c1=O. The van der Waals surface area contributed by atoms with E-state index in [0.29, 0.717) is 30.0 Å². The lowest BCUT2D eigenvalue weighted by molar-refractivity contribution is 0.101. The average Bonchev–Trinajstić information content (AvgIpc) is 2.52. The van der Waals surface area contributed by atoms with Crippen LogP contribution in [0.1, 0.15) is 31.1 Å². The number of ketones is 1. The Morgan fingerprint density at radius 1 is 1.18 bits per heavy atom. The minimum Gasteiger partial charge on any atom is -0.367 e. The van der Waals surface area contributed by atoms with Crippen LogP contribution in [0.5, 0.6) is 0 Å². The normalized spacial score (nSPS) is 10.5. The summed E-state index contributed by atoms with van der Waals surface area (Å²) in [5, 5.41) is 4.33. The number of hydrogen-bond donors (Lipinski definition) is 0. The van der Waals surface area contributed by atoms with Crippen molar-refractivity contribution in [3.63, 3.8) is 0 Å². The molecule has 0 amide bonds. The smallest absolute Gasteiger partial charge is 0.290 e. The summed E-state index contributed by atoms with van der Waals surface area (Å²) in [6.45, 7) is 6.73. The van der Waals surface area contributed by atoms with Crippen molar-refractivity contribution in [3.8, 4) is 11.3 Å². The lowest BCUT2D eigenvalue weighted by atomic mass is 10.0. The molecule has 5 heteroatoms. The zero-order valence-corrected chi connectivity index (χ0v) is 13.5. The molecule has 0 unspecified atom stereocenters. The number of carbonyl (C=O) groups excluding carboxylic acids is 1. The number of nitrogens with zero attached hydrogens (tertiary/aromatic N) is 3. The molecule has 0 bridgehead atoms. The maximum absolute atomic E-state index is 12.5. The van der Waals surface area contributed by atoms with Gasteiger partial charge in [-0.05, 0) is 20.8 Å². The highest BCUT2D eigenvalue weighted by atomic mass is 16.1. The van der Waals surface area contributed by atoms with Crippen LogP contribution in [0.2, 0.25) is 0 Å². The van der Waals surface area contributed by atoms with Crippen molar-refractivity contribution in [2.24, 2.45) is 7.05 Å². The lowest BCUT2D eigenvalue weighted by Gasteiger charge is -2.24. The van der Waals surface area contributed by atoms with E-state index in [1.54, 1.807) is 7.05 Å². The molecule has 1 aromatic carbocycles. The molecule has 116 valence electrons. The first-order chi connectivity index (χ1) is 10.5. The van der Waals surface area contributed by atoms with Gasteiger partial charge in [-0.1, -0.05) is 30.3 Å². The fourth-order valence-corrected chi connectivity index (χ4v) is 2.58. The van der Waals surface area contributed by atoms with Gasteiger partial charge in [-0.25, -0.2) is 4.68 Å². The molecule has 22 heavy (non-hydrogen) atoms. The lowest BCUT2D eigenvalue weighted by Crippen LogP contribution is -2.35. The molecular weight excluding hydrogens is 278 g/mol. The molecule has 0 aliphatic rings. The minimum absolute atomic E-state index is 0.147. The highest BCUT2D eigenvalue weighted by Gasteiger charge is 2.23. The molecule has 2 aromatic rings. The Hall–Kier alpha value is -2.43. The quantitative estimate of drug-likeness (QED) is 0.796. The summed E-state index contributed by atoms with van der Waals surface area (Å²) in [6, 6.07) is 9.48. The summed E-state index contributed by atoms with van der Waals surface area (Å²) in [5.74, 6) is -0.147. The molecule has 0 fully saturated rings. The van der Waals surface area contributed by atoms with Crippen molar-refractivity contribution >= 4 is 11.5 Å². The summed E-state index contributed by atoms with van der Waals surface area (Å²) in [7, 11) is 1.62. The summed E-state index contributed by atoms with van der Waals surface area (Å²) >= 11 is 0. The van der Waals surface area contributed by atoms with Crippen LogP contribution in [-0.4, -0.2) is 28.7 Å². The molecule has 0 saturated heterocycles. The van der Waals surface area contributed by atoms with Crippen LogP contribution < -0.4 is 10.5 Å². The molecule has 0 spiro atoms. The molecule has 0 saturated carbocycles. The molecule has 0 atom stereocenters. The second kappa shape index (κ2) is 6.56. The average molecular weight is 299 g/mol. The number of Topliss-reactive ketones (excluding diaryl/α,β-unsaturated/α-hetero) is 1. The maximum Gasteiger partial charge on any atom is 0.290 e. The Morgan fingerprint density at radius 2 is 1.77 bits per heavy atom. The predicted molar refractivity (Wildman–Crippen MR) is 88.5 cm³/mol. The number of anilines is 1. The van der Waals surface area contributed by atoms with E-state index in [2.05, 4.69) is 5.10 Å². The Balaban J connectivity index is 2.86. The summed E-state index contributed by atoms with van der Waals surface area (Å²) in [6.07, 6.45) is 0. The number of aryl methyl sites for hydroxylation is 1. The van der Waals surface area contributed by atoms with Gasteiger partial charge in [-0.2, -0.15) is 5.10 Å². The van der Waals surface area contributed by atoms with Crippen molar-refractivity contribution in [1.82, 2.24) is 9.78 Å². The largest absolute Gasteiger partial charge is 0.367 e. The van der Waals surface area contributed by atoms with E-state index in [9.17, 15) is 9.59 Å². The van der Waals surface area contributed by atoms with Crippen LogP contribution >= 0.6 is 0 Å². The highest BCUT2D eigenvalue weighted by molar-refractivity contribution is 6.04. The van der Waals surface area contributed by atoms with E-state index in [1.165, 1.54) is 11.6 Å². The van der Waals surface area contributed by atoms with Crippen LogP contribution in [0.3, 0.4) is 0 Å². The number of hydrogen-bond acceptors (Lipinski definition) is 4. The van der Waals surface area contributed by atoms with Gasteiger partial charge < -0.3 is 4.90 Å². The fourth-order valence-electron chi connectivity index (χ4n) is 2.58. The van der Waals surface area contributed by atoms with Crippen LogP contribution in [0.15, 0.2) is 35.1 Å². The molecule has 2 rings (SSSR count). The van der Waals surface area contributed by atoms with Gasteiger partial charge in [0, 0.05) is 25.7 Å².